The fourth-order valence-electron chi connectivity index (χ4n) is 2.79. The Kier molecular flexibility index (Phi) is 3.10. The highest BCUT2D eigenvalue weighted by atomic mass is 32.2. The quantitative estimate of drug-likeness (QED) is 0.784. The number of benzene rings is 1. The molecule has 2 aliphatic rings. The Morgan fingerprint density at radius 1 is 1.25 bits per heavy atom. The van der Waals surface area contributed by atoms with Crippen molar-refractivity contribution >= 4 is 15.9 Å². The SMILES string of the molecule is CC1(O)CCCN(C2=NS(=O)(=O)c3ccccc32)CC1. The Morgan fingerprint density at radius 3 is 2.80 bits per heavy atom. The molecule has 1 unspecified atom stereocenters. The number of hydrogen-bond acceptors (Lipinski definition) is 4. The second-order valence-corrected chi connectivity index (χ2v) is 7.30. The summed E-state index contributed by atoms with van der Waals surface area (Å²) in [7, 11) is -3.56. The highest BCUT2D eigenvalue weighted by Crippen LogP contribution is 2.29. The lowest BCUT2D eigenvalue weighted by atomic mass is 9.98. The lowest BCUT2D eigenvalue weighted by Crippen LogP contribution is -2.33. The predicted octanol–water partition coefficient (Wildman–Crippen LogP) is 1.37. The third kappa shape index (κ3) is 2.33. The van der Waals surface area contributed by atoms with Crippen LogP contribution in [-0.2, 0) is 10.0 Å². The molecular formula is C14H18N2O3S. The standard InChI is InChI=1S/C14H18N2O3S/c1-14(17)7-4-9-16(10-8-14)13-11-5-2-3-6-12(11)20(18,19)15-13/h2-3,5-6,17H,4,7-10H2,1H3. The molecule has 5 nitrogen and oxygen atoms in total. The summed E-state index contributed by atoms with van der Waals surface area (Å²) in [4.78, 5) is 2.26. The minimum Gasteiger partial charge on any atom is -0.390 e. The number of likely N-dealkylation sites (tertiary alicyclic amines) is 1. The molecule has 1 atom stereocenters. The molecule has 1 saturated heterocycles. The van der Waals surface area contributed by atoms with Crippen molar-refractivity contribution in [3.05, 3.63) is 29.8 Å². The van der Waals surface area contributed by atoms with Crippen LogP contribution in [0.2, 0.25) is 0 Å². The summed E-state index contributed by atoms with van der Waals surface area (Å²) < 4.78 is 28.0. The van der Waals surface area contributed by atoms with Gasteiger partial charge in [-0.2, -0.15) is 8.42 Å². The van der Waals surface area contributed by atoms with E-state index in [4.69, 9.17) is 0 Å². The molecule has 1 fully saturated rings. The molecule has 0 aromatic heterocycles. The van der Waals surface area contributed by atoms with Crippen LogP contribution in [-0.4, -0.2) is 43.0 Å². The topological polar surface area (TPSA) is 70.0 Å². The second-order valence-electron chi connectivity index (χ2n) is 5.72. The monoisotopic (exact) mass is 294 g/mol. The number of rotatable bonds is 0. The molecule has 2 heterocycles. The molecule has 0 amide bonds. The summed E-state index contributed by atoms with van der Waals surface area (Å²) in [6.07, 6.45) is 2.17. The van der Waals surface area contributed by atoms with Crippen LogP contribution in [0.4, 0.5) is 0 Å². The van der Waals surface area contributed by atoms with E-state index in [-0.39, 0.29) is 4.90 Å². The summed E-state index contributed by atoms with van der Waals surface area (Å²) in [5.41, 5.74) is 0.000741. The Balaban J connectivity index is 1.96. The van der Waals surface area contributed by atoms with E-state index in [1.165, 1.54) is 0 Å². The second kappa shape index (κ2) is 4.56. The van der Waals surface area contributed by atoms with Gasteiger partial charge in [-0.05, 0) is 38.3 Å². The normalized spacial score (nSPS) is 28.7. The van der Waals surface area contributed by atoms with Crippen molar-refractivity contribution in [2.45, 2.75) is 36.7 Å². The summed E-state index contributed by atoms with van der Waals surface area (Å²) in [5.74, 6) is 0.526. The van der Waals surface area contributed by atoms with Crippen LogP contribution in [0.1, 0.15) is 31.7 Å². The smallest absolute Gasteiger partial charge is 0.285 e. The zero-order chi connectivity index (χ0) is 14.4. The van der Waals surface area contributed by atoms with Gasteiger partial charge < -0.3 is 10.0 Å². The van der Waals surface area contributed by atoms with Crippen LogP contribution in [0.3, 0.4) is 0 Å². The Labute approximate surface area is 119 Å². The molecule has 0 spiro atoms. The maximum atomic E-state index is 12.1. The fourth-order valence-corrected chi connectivity index (χ4v) is 4.02. The van der Waals surface area contributed by atoms with E-state index in [0.717, 1.165) is 19.4 Å². The maximum Gasteiger partial charge on any atom is 0.285 e. The van der Waals surface area contributed by atoms with E-state index < -0.39 is 15.6 Å². The fraction of sp³-hybridized carbons (Fsp3) is 0.500. The molecule has 6 heteroatoms. The van der Waals surface area contributed by atoms with E-state index in [1.807, 2.05) is 17.9 Å². The number of amidine groups is 1. The van der Waals surface area contributed by atoms with E-state index in [9.17, 15) is 13.5 Å². The van der Waals surface area contributed by atoms with Gasteiger partial charge in [-0.3, -0.25) is 0 Å². The van der Waals surface area contributed by atoms with Gasteiger partial charge in [0.25, 0.3) is 10.0 Å². The summed E-state index contributed by atoms with van der Waals surface area (Å²) >= 11 is 0. The first-order valence-electron chi connectivity index (χ1n) is 6.81. The molecule has 0 bridgehead atoms. The molecule has 108 valence electrons. The van der Waals surface area contributed by atoms with Crippen LogP contribution in [0.5, 0.6) is 0 Å². The third-order valence-corrected chi connectivity index (χ3v) is 5.30. The first kappa shape index (κ1) is 13.6. The van der Waals surface area contributed by atoms with Crippen LogP contribution in [0, 0.1) is 0 Å². The van der Waals surface area contributed by atoms with Gasteiger partial charge in [0.1, 0.15) is 4.90 Å². The van der Waals surface area contributed by atoms with Gasteiger partial charge in [0.05, 0.1) is 5.60 Å². The van der Waals surface area contributed by atoms with Crippen molar-refractivity contribution in [2.24, 2.45) is 4.40 Å². The maximum absolute atomic E-state index is 12.1. The van der Waals surface area contributed by atoms with Crippen LogP contribution in [0.25, 0.3) is 0 Å². The van der Waals surface area contributed by atoms with Gasteiger partial charge in [0.15, 0.2) is 5.84 Å². The number of sulfonamides is 1. The zero-order valence-electron chi connectivity index (χ0n) is 11.4. The van der Waals surface area contributed by atoms with Gasteiger partial charge in [0.2, 0.25) is 0 Å². The summed E-state index contributed by atoms with van der Waals surface area (Å²) in [5, 5.41) is 10.1. The van der Waals surface area contributed by atoms with Crippen molar-refractivity contribution in [3.63, 3.8) is 0 Å². The van der Waals surface area contributed by atoms with Gasteiger partial charge in [-0.15, -0.1) is 4.40 Å². The predicted molar refractivity (Wildman–Crippen MR) is 76.2 cm³/mol. The Morgan fingerprint density at radius 2 is 2.00 bits per heavy atom. The highest BCUT2D eigenvalue weighted by Gasteiger charge is 2.33. The van der Waals surface area contributed by atoms with Crippen molar-refractivity contribution in [3.8, 4) is 0 Å². The highest BCUT2D eigenvalue weighted by molar-refractivity contribution is 7.90. The first-order valence-corrected chi connectivity index (χ1v) is 8.25. The van der Waals surface area contributed by atoms with E-state index in [1.54, 1.807) is 18.2 Å². The molecule has 0 saturated carbocycles. The zero-order valence-corrected chi connectivity index (χ0v) is 12.2. The molecule has 0 radical (unpaired) electrons. The molecule has 3 rings (SSSR count). The van der Waals surface area contributed by atoms with Gasteiger partial charge >= 0.3 is 0 Å². The van der Waals surface area contributed by atoms with E-state index in [0.29, 0.717) is 24.4 Å². The molecule has 1 N–H and O–H groups in total. The Bertz CT molecular complexity index is 665. The minimum atomic E-state index is -3.56. The first-order chi connectivity index (χ1) is 9.39. The van der Waals surface area contributed by atoms with Gasteiger partial charge in [0, 0.05) is 18.7 Å². The summed E-state index contributed by atoms with van der Waals surface area (Å²) in [6, 6.07) is 6.92. The van der Waals surface area contributed by atoms with Gasteiger partial charge in [-0.1, -0.05) is 12.1 Å². The molecule has 1 aromatic carbocycles. The average molecular weight is 294 g/mol. The van der Waals surface area contributed by atoms with Crippen LogP contribution in [0.15, 0.2) is 33.6 Å². The van der Waals surface area contributed by atoms with Crippen molar-refractivity contribution in [2.75, 3.05) is 13.1 Å². The largest absolute Gasteiger partial charge is 0.390 e. The number of hydrogen-bond donors (Lipinski definition) is 1. The average Bonchev–Trinajstić information content (AvgIpc) is 2.54. The van der Waals surface area contributed by atoms with Gasteiger partial charge in [-0.25, -0.2) is 0 Å². The van der Waals surface area contributed by atoms with E-state index in [2.05, 4.69) is 4.40 Å². The number of fused-ring (bicyclic) bond motifs is 1. The minimum absolute atomic E-state index is 0.283. The van der Waals surface area contributed by atoms with Crippen LogP contribution < -0.4 is 0 Å². The van der Waals surface area contributed by atoms with Crippen molar-refractivity contribution in [1.29, 1.82) is 0 Å². The van der Waals surface area contributed by atoms with Crippen molar-refractivity contribution in [1.82, 2.24) is 4.90 Å². The third-order valence-electron chi connectivity index (χ3n) is 3.98. The molecule has 20 heavy (non-hydrogen) atoms. The van der Waals surface area contributed by atoms with Crippen LogP contribution >= 0.6 is 0 Å². The number of aliphatic hydroxyl groups is 1. The Hall–Kier alpha value is -1.40. The molecular weight excluding hydrogens is 276 g/mol. The van der Waals surface area contributed by atoms with Crippen molar-refractivity contribution < 1.29 is 13.5 Å². The summed E-state index contributed by atoms with van der Waals surface area (Å²) in [6.45, 7) is 3.17. The lowest BCUT2D eigenvalue weighted by molar-refractivity contribution is 0.0463. The molecule has 2 aliphatic heterocycles. The van der Waals surface area contributed by atoms with E-state index >= 15 is 0 Å². The lowest BCUT2D eigenvalue weighted by Gasteiger charge is -2.23. The molecule has 0 aliphatic carbocycles. The number of nitrogens with zero attached hydrogens (tertiary/aromatic N) is 2. The molecule has 1 aromatic rings.